The summed E-state index contributed by atoms with van der Waals surface area (Å²) in [7, 11) is 0. The molecule has 1 saturated heterocycles. The van der Waals surface area contributed by atoms with Crippen molar-refractivity contribution >= 4 is 11.8 Å². The van der Waals surface area contributed by atoms with E-state index in [0.717, 1.165) is 19.4 Å². The molecule has 0 unspecified atom stereocenters. The summed E-state index contributed by atoms with van der Waals surface area (Å²) >= 11 is 0. The van der Waals surface area contributed by atoms with Crippen molar-refractivity contribution in [2.45, 2.75) is 38.5 Å². The lowest BCUT2D eigenvalue weighted by atomic mass is 10.1. The highest BCUT2D eigenvalue weighted by molar-refractivity contribution is 6.21. The Hall–Kier alpha value is -1.68. The number of unbranched alkanes of at least 4 members (excludes halogenated alkanes) is 1. The second kappa shape index (κ2) is 7.05. The third-order valence-electron chi connectivity index (χ3n) is 4.68. The maximum atomic E-state index is 12.2. The molecule has 0 radical (unpaired) electrons. The molecule has 4 heteroatoms. The van der Waals surface area contributed by atoms with E-state index in [9.17, 15) is 9.59 Å². The van der Waals surface area contributed by atoms with Gasteiger partial charge >= 0.3 is 0 Å². The predicted molar refractivity (Wildman–Crippen MR) is 86.0 cm³/mol. The second-order valence-electron chi connectivity index (χ2n) is 6.27. The van der Waals surface area contributed by atoms with Crippen molar-refractivity contribution in [2.75, 3.05) is 26.2 Å². The third kappa shape index (κ3) is 3.22. The Balaban J connectivity index is 1.46. The first-order valence-electron chi connectivity index (χ1n) is 8.45. The molecule has 0 aromatic heterocycles. The van der Waals surface area contributed by atoms with Gasteiger partial charge in [-0.3, -0.25) is 14.5 Å². The van der Waals surface area contributed by atoms with E-state index in [1.54, 1.807) is 12.1 Å². The van der Waals surface area contributed by atoms with Crippen LogP contribution in [0.3, 0.4) is 0 Å². The van der Waals surface area contributed by atoms with Gasteiger partial charge in [0.05, 0.1) is 11.1 Å². The van der Waals surface area contributed by atoms with E-state index in [1.165, 1.54) is 43.7 Å². The van der Waals surface area contributed by atoms with Crippen molar-refractivity contribution < 1.29 is 9.59 Å². The molecule has 0 spiro atoms. The molecule has 1 aromatic rings. The lowest BCUT2D eigenvalue weighted by molar-refractivity contribution is 0.0650. The number of imide groups is 1. The molecule has 2 amide bonds. The molecule has 0 bridgehead atoms. The van der Waals surface area contributed by atoms with Gasteiger partial charge in [0.25, 0.3) is 11.8 Å². The molecule has 1 aromatic carbocycles. The van der Waals surface area contributed by atoms with Crippen molar-refractivity contribution in [2.24, 2.45) is 0 Å². The standard InChI is InChI=1S/C18H24N2O2/c21-17-15-9-3-4-10-16(15)18(22)20(17)14-8-7-13-19-11-5-1-2-6-12-19/h3-4,9-10H,1-2,5-8,11-14H2. The van der Waals surface area contributed by atoms with Gasteiger partial charge in [-0.1, -0.05) is 25.0 Å². The van der Waals surface area contributed by atoms with Gasteiger partial charge in [0, 0.05) is 6.54 Å². The number of nitrogens with zero attached hydrogens (tertiary/aromatic N) is 2. The first kappa shape index (κ1) is 15.2. The van der Waals surface area contributed by atoms with Crippen LogP contribution in [0.4, 0.5) is 0 Å². The van der Waals surface area contributed by atoms with Crippen LogP contribution >= 0.6 is 0 Å². The third-order valence-corrected chi connectivity index (χ3v) is 4.68. The van der Waals surface area contributed by atoms with Crippen LogP contribution in [0.1, 0.15) is 59.2 Å². The van der Waals surface area contributed by atoms with Gasteiger partial charge in [-0.25, -0.2) is 0 Å². The lowest BCUT2D eigenvalue weighted by Gasteiger charge is -2.20. The molecular formula is C18H24N2O2. The van der Waals surface area contributed by atoms with Crippen LogP contribution in [0.2, 0.25) is 0 Å². The van der Waals surface area contributed by atoms with Crippen LogP contribution < -0.4 is 0 Å². The summed E-state index contributed by atoms with van der Waals surface area (Å²) < 4.78 is 0. The second-order valence-corrected chi connectivity index (χ2v) is 6.27. The zero-order chi connectivity index (χ0) is 15.4. The molecule has 118 valence electrons. The molecule has 0 N–H and O–H groups in total. The zero-order valence-electron chi connectivity index (χ0n) is 13.1. The molecule has 2 heterocycles. The number of likely N-dealkylation sites (tertiary alicyclic amines) is 1. The number of amides is 2. The maximum absolute atomic E-state index is 12.2. The van der Waals surface area contributed by atoms with Crippen molar-refractivity contribution in [3.63, 3.8) is 0 Å². The fourth-order valence-corrected chi connectivity index (χ4v) is 3.41. The molecule has 3 rings (SSSR count). The summed E-state index contributed by atoms with van der Waals surface area (Å²) in [6, 6.07) is 7.11. The minimum Gasteiger partial charge on any atom is -0.303 e. The minimum absolute atomic E-state index is 0.129. The SMILES string of the molecule is O=C1c2ccccc2C(=O)N1CCCCN1CCCCCC1. The van der Waals surface area contributed by atoms with Gasteiger partial charge in [-0.05, 0) is 57.5 Å². The minimum atomic E-state index is -0.129. The van der Waals surface area contributed by atoms with Crippen molar-refractivity contribution in [3.05, 3.63) is 35.4 Å². The topological polar surface area (TPSA) is 40.6 Å². The highest BCUT2D eigenvalue weighted by Crippen LogP contribution is 2.22. The molecule has 2 aliphatic heterocycles. The Morgan fingerprint density at radius 1 is 0.773 bits per heavy atom. The normalized spacial score (nSPS) is 19.4. The van der Waals surface area contributed by atoms with E-state index in [0.29, 0.717) is 17.7 Å². The van der Waals surface area contributed by atoms with E-state index in [1.807, 2.05) is 12.1 Å². The van der Waals surface area contributed by atoms with Crippen molar-refractivity contribution in [1.29, 1.82) is 0 Å². The summed E-state index contributed by atoms with van der Waals surface area (Å²) in [5.74, 6) is -0.259. The largest absolute Gasteiger partial charge is 0.303 e. The Kier molecular flexibility index (Phi) is 4.88. The Labute approximate surface area is 132 Å². The number of hydrogen-bond acceptors (Lipinski definition) is 3. The van der Waals surface area contributed by atoms with Crippen molar-refractivity contribution in [3.8, 4) is 0 Å². The Morgan fingerprint density at radius 2 is 1.32 bits per heavy atom. The fourth-order valence-electron chi connectivity index (χ4n) is 3.41. The fraction of sp³-hybridized carbons (Fsp3) is 0.556. The molecule has 0 atom stereocenters. The number of rotatable bonds is 5. The number of carbonyl (C=O) groups excluding carboxylic acids is 2. The summed E-state index contributed by atoms with van der Waals surface area (Å²) in [5.41, 5.74) is 1.11. The Morgan fingerprint density at radius 3 is 1.91 bits per heavy atom. The first-order valence-corrected chi connectivity index (χ1v) is 8.45. The van der Waals surface area contributed by atoms with E-state index >= 15 is 0 Å². The van der Waals surface area contributed by atoms with E-state index in [-0.39, 0.29) is 11.8 Å². The number of carbonyl (C=O) groups is 2. The number of benzene rings is 1. The van der Waals surface area contributed by atoms with Gasteiger partial charge in [-0.15, -0.1) is 0 Å². The molecule has 0 saturated carbocycles. The first-order chi connectivity index (χ1) is 10.8. The number of hydrogen-bond donors (Lipinski definition) is 0. The van der Waals surface area contributed by atoms with E-state index in [4.69, 9.17) is 0 Å². The van der Waals surface area contributed by atoms with Crippen LogP contribution in [0.25, 0.3) is 0 Å². The van der Waals surface area contributed by atoms with E-state index < -0.39 is 0 Å². The average Bonchev–Trinajstić information content (AvgIpc) is 2.74. The smallest absolute Gasteiger partial charge is 0.261 e. The van der Waals surface area contributed by atoms with Gasteiger partial charge < -0.3 is 4.90 Å². The molecule has 0 aliphatic carbocycles. The molecule has 1 fully saturated rings. The Bertz CT molecular complexity index is 513. The zero-order valence-corrected chi connectivity index (χ0v) is 13.1. The van der Waals surface area contributed by atoms with Crippen molar-refractivity contribution in [1.82, 2.24) is 9.80 Å². The lowest BCUT2D eigenvalue weighted by Crippen LogP contribution is -2.31. The van der Waals surface area contributed by atoms with Crippen LogP contribution in [0, 0.1) is 0 Å². The molecule has 22 heavy (non-hydrogen) atoms. The average molecular weight is 300 g/mol. The summed E-state index contributed by atoms with van der Waals surface area (Å²) in [6.07, 6.45) is 7.25. The van der Waals surface area contributed by atoms with Gasteiger partial charge in [0.15, 0.2) is 0 Å². The number of fused-ring (bicyclic) bond motifs is 1. The summed E-state index contributed by atoms with van der Waals surface area (Å²) in [5, 5.41) is 0. The summed E-state index contributed by atoms with van der Waals surface area (Å²) in [4.78, 5) is 28.4. The highest BCUT2D eigenvalue weighted by atomic mass is 16.2. The molecule has 2 aliphatic rings. The molecule has 4 nitrogen and oxygen atoms in total. The van der Waals surface area contributed by atoms with Crippen LogP contribution in [0.5, 0.6) is 0 Å². The van der Waals surface area contributed by atoms with Crippen LogP contribution in [0.15, 0.2) is 24.3 Å². The molecular weight excluding hydrogens is 276 g/mol. The van der Waals surface area contributed by atoms with Crippen LogP contribution in [-0.2, 0) is 0 Å². The van der Waals surface area contributed by atoms with Crippen LogP contribution in [-0.4, -0.2) is 47.8 Å². The summed E-state index contributed by atoms with van der Waals surface area (Å²) in [6.45, 7) is 4.03. The maximum Gasteiger partial charge on any atom is 0.261 e. The predicted octanol–water partition coefficient (Wildman–Crippen LogP) is 2.94. The monoisotopic (exact) mass is 300 g/mol. The van der Waals surface area contributed by atoms with Gasteiger partial charge in [-0.2, -0.15) is 0 Å². The van der Waals surface area contributed by atoms with Gasteiger partial charge in [0.2, 0.25) is 0 Å². The quantitative estimate of drug-likeness (QED) is 0.620. The van der Waals surface area contributed by atoms with Gasteiger partial charge in [0.1, 0.15) is 0 Å². The highest BCUT2D eigenvalue weighted by Gasteiger charge is 2.34. The van der Waals surface area contributed by atoms with E-state index in [2.05, 4.69) is 4.90 Å².